The zero-order valence-corrected chi connectivity index (χ0v) is 17.4. The molecule has 2 aliphatic rings. The normalized spacial score (nSPS) is 16.6. The largest absolute Gasteiger partial charge is 0.355 e. The summed E-state index contributed by atoms with van der Waals surface area (Å²) in [6, 6.07) is 14.2. The van der Waals surface area contributed by atoms with E-state index in [-0.39, 0.29) is 24.3 Å². The summed E-state index contributed by atoms with van der Waals surface area (Å²) in [7, 11) is 0. The molecule has 2 aromatic carbocycles. The molecular weight excluding hydrogens is 410 g/mol. The molecule has 3 amide bonds. The summed E-state index contributed by atoms with van der Waals surface area (Å²) >= 11 is 0. The molecule has 9 nitrogen and oxygen atoms in total. The van der Waals surface area contributed by atoms with Gasteiger partial charge in [0.05, 0.1) is 11.3 Å². The van der Waals surface area contributed by atoms with Crippen molar-refractivity contribution in [3.8, 4) is 0 Å². The first kappa shape index (κ1) is 19.9. The maximum atomic E-state index is 13.3. The fraction of sp³-hybridized carbons (Fsp3) is 0.261. The number of para-hydroxylation sites is 1. The van der Waals surface area contributed by atoms with Crippen LogP contribution in [0.1, 0.15) is 50.6 Å². The number of hydrogen-bond donors (Lipinski definition) is 1. The van der Waals surface area contributed by atoms with Gasteiger partial charge >= 0.3 is 0 Å². The highest BCUT2D eigenvalue weighted by Crippen LogP contribution is 2.44. The second-order valence-corrected chi connectivity index (χ2v) is 7.78. The quantitative estimate of drug-likeness (QED) is 0.600. The minimum Gasteiger partial charge on any atom is -0.355 e. The van der Waals surface area contributed by atoms with Gasteiger partial charge in [-0.05, 0) is 31.5 Å². The molecule has 1 atom stereocenters. The van der Waals surface area contributed by atoms with Crippen LogP contribution in [0, 0.1) is 6.92 Å². The number of aryl methyl sites for hydroxylation is 2. The zero-order chi connectivity index (χ0) is 22.2. The van der Waals surface area contributed by atoms with Gasteiger partial charge in [0.2, 0.25) is 11.8 Å². The van der Waals surface area contributed by atoms with Gasteiger partial charge < -0.3 is 14.7 Å². The molecule has 1 N–H and O–H groups in total. The van der Waals surface area contributed by atoms with Crippen LogP contribution in [0.25, 0.3) is 0 Å². The van der Waals surface area contributed by atoms with Gasteiger partial charge in [-0.3, -0.25) is 19.3 Å². The summed E-state index contributed by atoms with van der Waals surface area (Å²) in [5.74, 6) is 0.352. The lowest BCUT2D eigenvalue weighted by Gasteiger charge is -2.40. The average Bonchev–Trinajstić information content (AvgIpc) is 3.35. The minimum absolute atomic E-state index is 0.157. The minimum atomic E-state index is -0.645. The number of carbonyl (C=O) groups excluding carboxylic acids is 3. The van der Waals surface area contributed by atoms with Crippen molar-refractivity contribution in [2.24, 2.45) is 0 Å². The molecule has 0 bridgehead atoms. The van der Waals surface area contributed by atoms with Crippen LogP contribution in [-0.2, 0) is 11.2 Å². The molecule has 0 saturated heterocycles. The molecule has 3 aromatic rings. The number of nitrogens with zero attached hydrogens (tertiary/aromatic N) is 4. The smallest absolute Gasteiger partial charge is 0.260 e. The van der Waals surface area contributed by atoms with Crippen molar-refractivity contribution < 1.29 is 18.9 Å². The fourth-order valence-corrected chi connectivity index (χ4v) is 4.25. The summed E-state index contributed by atoms with van der Waals surface area (Å²) in [4.78, 5) is 46.4. The molecule has 1 aromatic heterocycles. The number of rotatable bonds is 6. The van der Waals surface area contributed by atoms with E-state index >= 15 is 0 Å². The maximum absolute atomic E-state index is 13.3. The Morgan fingerprint density at radius 3 is 2.59 bits per heavy atom. The third-order valence-corrected chi connectivity index (χ3v) is 5.66. The maximum Gasteiger partial charge on any atom is 0.260 e. The highest BCUT2D eigenvalue weighted by Gasteiger charge is 2.47. The molecule has 5 rings (SSSR count). The molecule has 3 heterocycles. The predicted molar refractivity (Wildman–Crippen MR) is 114 cm³/mol. The lowest BCUT2D eigenvalue weighted by Crippen LogP contribution is -2.51. The van der Waals surface area contributed by atoms with Crippen molar-refractivity contribution in [1.29, 1.82) is 0 Å². The Kier molecular flexibility index (Phi) is 4.93. The molecule has 162 valence electrons. The highest BCUT2D eigenvalue weighted by molar-refractivity contribution is 6.17. The Labute approximate surface area is 184 Å². The molecule has 0 aliphatic carbocycles. The summed E-state index contributed by atoms with van der Waals surface area (Å²) in [6.45, 7) is 2.00. The molecule has 32 heavy (non-hydrogen) atoms. The van der Waals surface area contributed by atoms with Gasteiger partial charge in [-0.1, -0.05) is 35.5 Å². The van der Waals surface area contributed by atoms with Crippen molar-refractivity contribution in [2.45, 2.75) is 25.9 Å². The summed E-state index contributed by atoms with van der Waals surface area (Å²) in [5, 5.41) is 6.58. The van der Waals surface area contributed by atoms with Crippen LogP contribution in [0.3, 0.4) is 0 Å². The second-order valence-electron chi connectivity index (χ2n) is 7.78. The van der Waals surface area contributed by atoms with Crippen molar-refractivity contribution in [3.63, 3.8) is 0 Å². The third-order valence-electron chi connectivity index (χ3n) is 5.66. The monoisotopic (exact) mass is 431 g/mol. The van der Waals surface area contributed by atoms with E-state index in [1.807, 2.05) is 12.1 Å². The fourth-order valence-electron chi connectivity index (χ4n) is 4.25. The van der Waals surface area contributed by atoms with Crippen LogP contribution in [0.2, 0.25) is 0 Å². The van der Waals surface area contributed by atoms with E-state index in [1.165, 1.54) is 4.90 Å². The van der Waals surface area contributed by atoms with Crippen molar-refractivity contribution >= 4 is 23.4 Å². The number of hydrogen-bond acceptors (Lipinski definition) is 6. The number of benzene rings is 2. The van der Waals surface area contributed by atoms with Gasteiger partial charge in [-0.25, -0.2) is 0 Å². The molecule has 0 fully saturated rings. The van der Waals surface area contributed by atoms with Gasteiger partial charge in [-0.2, -0.15) is 4.98 Å². The van der Waals surface area contributed by atoms with E-state index in [2.05, 4.69) is 15.5 Å². The lowest BCUT2D eigenvalue weighted by atomic mass is 10.0. The predicted octanol–water partition coefficient (Wildman–Crippen LogP) is 2.24. The van der Waals surface area contributed by atoms with Crippen LogP contribution in [0.5, 0.6) is 0 Å². The van der Waals surface area contributed by atoms with Crippen LogP contribution in [0.4, 0.5) is 5.69 Å². The van der Waals surface area contributed by atoms with E-state index in [9.17, 15) is 14.4 Å². The average molecular weight is 431 g/mol. The summed E-state index contributed by atoms with van der Waals surface area (Å²) < 4.78 is 5.07. The van der Waals surface area contributed by atoms with E-state index in [1.54, 1.807) is 48.2 Å². The molecule has 9 heteroatoms. The van der Waals surface area contributed by atoms with Crippen molar-refractivity contribution in [1.82, 2.24) is 20.4 Å². The zero-order valence-electron chi connectivity index (χ0n) is 17.4. The number of amides is 3. The van der Waals surface area contributed by atoms with Gasteiger partial charge in [-0.15, -0.1) is 0 Å². The van der Waals surface area contributed by atoms with Gasteiger partial charge in [0.1, 0.15) is 12.7 Å². The molecule has 2 aliphatic heterocycles. The van der Waals surface area contributed by atoms with Crippen LogP contribution >= 0.6 is 0 Å². The molecule has 0 radical (unpaired) electrons. The van der Waals surface area contributed by atoms with E-state index < -0.39 is 6.17 Å². The standard InChI is InChI=1S/C23H21N5O4/c1-14-25-20(32-26-14)11-6-12-24-19(29)13-27-21-15-7-2-3-8-16(15)23(31)28(21)18-10-5-4-9-17(18)22(27)30/h2-5,7-10,21H,6,11-13H2,1H3,(H,24,29)/t21-/m0/s1. The van der Waals surface area contributed by atoms with Gasteiger partial charge in [0.25, 0.3) is 11.8 Å². The summed E-state index contributed by atoms with van der Waals surface area (Å²) in [5.41, 5.74) is 2.24. The first-order valence-corrected chi connectivity index (χ1v) is 10.4. The van der Waals surface area contributed by atoms with E-state index in [0.29, 0.717) is 47.9 Å². The van der Waals surface area contributed by atoms with Gasteiger partial charge in [0.15, 0.2) is 5.82 Å². The second kappa shape index (κ2) is 7.92. The highest BCUT2D eigenvalue weighted by atomic mass is 16.5. The number of nitrogens with one attached hydrogen (secondary N) is 1. The Morgan fingerprint density at radius 1 is 1.06 bits per heavy atom. The Bertz CT molecular complexity index is 1220. The summed E-state index contributed by atoms with van der Waals surface area (Å²) in [6.07, 6.45) is 0.532. The van der Waals surface area contributed by atoms with E-state index in [0.717, 1.165) is 5.56 Å². The van der Waals surface area contributed by atoms with Crippen molar-refractivity contribution in [2.75, 3.05) is 18.0 Å². The Hall–Kier alpha value is -4.01. The lowest BCUT2D eigenvalue weighted by molar-refractivity contribution is -0.122. The van der Waals surface area contributed by atoms with Gasteiger partial charge in [0, 0.05) is 24.1 Å². The van der Waals surface area contributed by atoms with E-state index in [4.69, 9.17) is 4.52 Å². The van der Waals surface area contributed by atoms with Crippen molar-refractivity contribution in [3.05, 3.63) is 76.9 Å². The topological polar surface area (TPSA) is 109 Å². The first-order valence-electron chi connectivity index (χ1n) is 10.4. The molecular formula is C23H21N5O4. The molecule has 0 spiro atoms. The molecule has 0 saturated carbocycles. The molecule has 0 unspecified atom stereocenters. The Morgan fingerprint density at radius 2 is 1.81 bits per heavy atom. The number of anilines is 1. The van der Waals surface area contributed by atoms with Crippen LogP contribution in [-0.4, -0.2) is 45.9 Å². The van der Waals surface area contributed by atoms with Crippen LogP contribution in [0.15, 0.2) is 53.1 Å². The third kappa shape index (κ3) is 3.31. The SMILES string of the molecule is Cc1noc(CCCNC(=O)CN2C(=O)c3ccccc3N3C(=O)c4ccccc4[C@@H]23)n1. The number of aromatic nitrogens is 2. The number of carbonyl (C=O) groups is 3. The van der Waals surface area contributed by atoms with Crippen LogP contribution < -0.4 is 10.2 Å². The first-order chi connectivity index (χ1) is 15.5. The Balaban J connectivity index is 1.34. The number of fused-ring (bicyclic) bond motifs is 5.